The Hall–Kier alpha value is -1.38. The van der Waals surface area contributed by atoms with Gasteiger partial charge in [-0.1, -0.05) is 13.0 Å². The molecule has 0 aliphatic carbocycles. The van der Waals surface area contributed by atoms with Gasteiger partial charge < -0.3 is 16.0 Å². The fourth-order valence-electron chi connectivity index (χ4n) is 1.63. The van der Waals surface area contributed by atoms with Gasteiger partial charge in [-0.25, -0.2) is 4.99 Å². The number of hydrogen-bond acceptors (Lipinski definition) is 3. The minimum Gasteiger partial charge on any atom is -0.370 e. The number of nitrogens with zero attached hydrogens (tertiary/aromatic N) is 3. The van der Waals surface area contributed by atoms with Gasteiger partial charge in [0.1, 0.15) is 6.54 Å². The van der Waals surface area contributed by atoms with Crippen LogP contribution in [0.15, 0.2) is 29.4 Å². The summed E-state index contributed by atoms with van der Waals surface area (Å²) in [6.07, 6.45) is 3.43. The maximum Gasteiger partial charge on any atom is 0.244 e. The Balaban J connectivity index is 0.00000441. The number of aliphatic imine (C=N–C) groups is 1. The fraction of sp³-hybridized carbons (Fsp3) is 0.533. The summed E-state index contributed by atoms with van der Waals surface area (Å²) in [6, 6.07) is 6.02. The number of halogens is 1. The van der Waals surface area contributed by atoms with E-state index in [9.17, 15) is 4.79 Å². The van der Waals surface area contributed by atoms with E-state index in [0.717, 1.165) is 18.5 Å². The van der Waals surface area contributed by atoms with Crippen LogP contribution in [-0.2, 0) is 11.2 Å². The molecule has 3 N–H and O–H groups in total. The fourth-order valence-corrected chi connectivity index (χ4v) is 1.63. The van der Waals surface area contributed by atoms with E-state index in [2.05, 4.69) is 22.2 Å². The first kappa shape index (κ1) is 20.6. The Morgan fingerprint density at radius 1 is 1.50 bits per heavy atom. The minimum atomic E-state index is -0.0557. The van der Waals surface area contributed by atoms with Gasteiger partial charge in [-0.2, -0.15) is 0 Å². The Kier molecular flexibility index (Phi) is 10.5. The van der Waals surface area contributed by atoms with Crippen LogP contribution in [0.2, 0.25) is 0 Å². The summed E-state index contributed by atoms with van der Waals surface area (Å²) >= 11 is 0. The van der Waals surface area contributed by atoms with Crippen molar-refractivity contribution in [1.29, 1.82) is 0 Å². The highest BCUT2D eigenvalue weighted by atomic mass is 127. The second kappa shape index (κ2) is 11.2. The van der Waals surface area contributed by atoms with Crippen molar-refractivity contribution >= 4 is 35.8 Å². The normalized spacial score (nSPS) is 12.2. The highest BCUT2D eigenvalue weighted by molar-refractivity contribution is 14.0. The third-order valence-electron chi connectivity index (χ3n) is 3.25. The van der Waals surface area contributed by atoms with Gasteiger partial charge in [0.2, 0.25) is 5.91 Å². The summed E-state index contributed by atoms with van der Waals surface area (Å²) < 4.78 is 0. The average molecular weight is 419 g/mol. The molecule has 0 spiro atoms. The predicted octanol–water partition coefficient (Wildman–Crippen LogP) is 1.40. The first-order valence-electron chi connectivity index (χ1n) is 7.23. The van der Waals surface area contributed by atoms with Crippen LogP contribution in [0, 0.1) is 0 Å². The van der Waals surface area contributed by atoms with E-state index >= 15 is 0 Å². The van der Waals surface area contributed by atoms with Gasteiger partial charge in [-0.3, -0.25) is 9.78 Å². The maximum atomic E-state index is 11.9. The quantitative estimate of drug-likeness (QED) is 0.398. The van der Waals surface area contributed by atoms with Crippen LogP contribution in [0.1, 0.15) is 26.0 Å². The summed E-state index contributed by atoms with van der Waals surface area (Å²) in [4.78, 5) is 21.9. The molecule has 0 bridgehead atoms. The van der Waals surface area contributed by atoms with E-state index in [4.69, 9.17) is 5.73 Å². The van der Waals surface area contributed by atoms with Crippen LogP contribution in [0.25, 0.3) is 0 Å². The number of nitrogens with one attached hydrogen (secondary N) is 1. The van der Waals surface area contributed by atoms with Crippen molar-refractivity contribution in [3.8, 4) is 0 Å². The molecule has 0 saturated carbocycles. The summed E-state index contributed by atoms with van der Waals surface area (Å²) in [5.74, 6) is 0.260. The van der Waals surface area contributed by atoms with E-state index in [0.29, 0.717) is 12.5 Å². The van der Waals surface area contributed by atoms with E-state index in [1.165, 1.54) is 0 Å². The van der Waals surface area contributed by atoms with Crippen molar-refractivity contribution in [1.82, 2.24) is 15.2 Å². The molecule has 1 heterocycles. The Morgan fingerprint density at radius 3 is 2.82 bits per heavy atom. The smallest absolute Gasteiger partial charge is 0.244 e. The summed E-state index contributed by atoms with van der Waals surface area (Å²) in [6.45, 7) is 4.75. The van der Waals surface area contributed by atoms with Gasteiger partial charge in [0, 0.05) is 37.9 Å². The van der Waals surface area contributed by atoms with Crippen molar-refractivity contribution in [3.63, 3.8) is 0 Å². The second-order valence-electron chi connectivity index (χ2n) is 5.04. The third-order valence-corrected chi connectivity index (χ3v) is 3.25. The molecule has 1 aromatic heterocycles. The molecule has 1 unspecified atom stereocenters. The van der Waals surface area contributed by atoms with Crippen LogP contribution < -0.4 is 11.1 Å². The molecule has 0 radical (unpaired) electrons. The topological polar surface area (TPSA) is 83.6 Å². The standard InChI is InChI=1S/C15H25N5O.HI/c1-4-12(2)19-15(16)18-11-14(21)20(3)10-8-13-7-5-6-9-17-13;/h5-7,9,12H,4,8,10-11H2,1-3H3,(H3,16,18,19);1H. The molecule has 0 aliphatic rings. The Morgan fingerprint density at radius 2 is 2.23 bits per heavy atom. The number of aromatic nitrogens is 1. The van der Waals surface area contributed by atoms with Gasteiger partial charge in [-0.05, 0) is 25.5 Å². The van der Waals surface area contributed by atoms with Crippen molar-refractivity contribution in [2.75, 3.05) is 20.1 Å². The predicted molar refractivity (Wildman–Crippen MR) is 100 cm³/mol. The van der Waals surface area contributed by atoms with Gasteiger partial charge in [0.25, 0.3) is 0 Å². The SMILES string of the molecule is CCC(C)NC(N)=NCC(=O)N(C)CCc1ccccn1.I. The summed E-state index contributed by atoms with van der Waals surface area (Å²) in [7, 11) is 1.76. The molecule has 0 aliphatic heterocycles. The van der Waals surface area contributed by atoms with Crippen molar-refractivity contribution < 1.29 is 4.79 Å². The molecule has 6 nitrogen and oxygen atoms in total. The zero-order valence-corrected chi connectivity index (χ0v) is 15.8. The monoisotopic (exact) mass is 419 g/mol. The molecule has 0 aromatic carbocycles. The van der Waals surface area contributed by atoms with Crippen molar-refractivity contribution in [3.05, 3.63) is 30.1 Å². The number of rotatable bonds is 7. The molecular weight excluding hydrogens is 393 g/mol. The Labute approximate surface area is 149 Å². The van der Waals surface area contributed by atoms with Gasteiger partial charge in [-0.15, -0.1) is 24.0 Å². The van der Waals surface area contributed by atoms with E-state index in [1.807, 2.05) is 25.1 Å². The van der Waals surface area contributed by atoms with E-state index in [1.54, 1.807) is 18.1 Å². The molecule has 1 aromatic rings. The lowest BCUT2D eigenvalue weighted by Gasteiger charge is -2.16. The van der Waals surface area contributed by atoms with Gasteiger partial charge >= 0.3 is 0 Å². The number of pyridine rings is 1. The van der Waals surface area contributed by atoms with Crippen LogP contribution in [0.4, 0.5) is 0 Å². The first-order valence-corrected chi connectivity index (χ1v) is 7.23. The number of nitrogens with two attached hydrogens (primary N) is 1. The van der Waals surface area contributed by atoms with Gasteiger partial charge in [0.15, 0.2) is 5.96 Å². The molecule has 7 heteroatoms. The van der Waals surface area contributed by atoms with Gasteiger partial charge in [0.05, 0.1) is 0 Å². The summed E-state index contributed by atoms with van der Waals surface area (Å²) in [5, 5.41) is 3.03. The number of amides is 1. The molecule has 1 amide bonds. The summed E-state index contributed by atoms with van der Waals surface area (Å²) in [5.41, 5.74) is 6.69. The van der Waals surface area contributed by atoms with E-state index < -0.39 is 0 Å². The molecule has 22 heavy (non-hydrogen) atoms. The molecule has 1 atom stereocenters. The molecular formula is C15H26IN5O. The molecule has 1 rings (SSSR count). The molecule has 0 saturated heterocycles. The number of carbonyl (C=O) groups is 1. The lowest BCUT2D eigenvalue weighted by atomic mass is 10.2. The van der Waals surface area contributed by atoms with Crippen molar-refractivity contribution in [2.24, 2.45) is 10.7 Å². The third kappa shape index (κ3) is 8.16. The number of hydrogen-bond donors (Lipinski definition) is 2. The van der Waals surface area contributed by atoms with E-state index in [-0.39, 0.29) is 42.5 Å². The first-order chi connectivity index (χ1) is 10.0. The van der Waals surface area contributed by atoms with Crippen LogP contribution in [0.5, 0.6) is 0 Å². The minimum absolute atomic E-state index is 0. The highest BCUT2D eigenvalue weighted by Crippen LogP contribution is 1.97. The van der Waals surface area contributed by atoms with Crippen LogP contribution >= 0.6 is 24.0 Å². The Bertz CT molecular complexity index is 466. The van der Waals surface area contributed by atoms with Crippen LogP contribution in [-0.4, -0.2) is 47.9 Å². The van der Waals surface area contributed by atoms with Crippen LogP contribution in [0.3, 0.4) is 0 Å². The number of likely N-dealkylation sites (N-methyl/N-ethyl adjacent to an activating group) is 1. The maximum absolute atomic E-state index is 11.9. The molecule has 124 valence electrons. The lowest BCUT2D eigenvalue weighted by molar-refractivity contribution is -0.128. The number of guanidine groups is 1. The lowest BCUT2D eigenvalue weighted by Crippen LogP contribution is -2.39. The molecule has 0 fully saturated rings. The number of carbonyl (C=O) groups excluding carboxylic acids is 1. The second-order valence-corrected chi connectivity index (χ2v) is 5.04. The largest absolute Gasteiger partial charge is 0.370 e. The zero-order valence-electron chi connectivity index (χ0n) is 13.5. The van der Waals surface area contributed by atoms with Crippen molar-refractivity contribution in [2.45, 2.75) is 32.7 Å². The zero-order chi connectivity index (χ0) is 15.7. The highest BCUT2D eigenvalue weighted by Gasteiger charge is 2.08. The average Bonchev–Trinajstić information content (AvgIpc) is 2.51.